The van der Waals surface area contributed by atoms with E-state index < -0.39 is 11.6 Å². The molecule has 3 heteroatoms. The number of aryl methyl sites for hydroxylation is 2. The van der Waals surface area contributed by atoms with Crippen LogP contribution in [0.5, 0.6) is 0 Å². The summed E-state index contributed by atoms with van der Waals surface area (Å²) in [7, 11) is 0. The van der Waals surface area contributed by atoms with Gasteiger partial charge in [-0.25, -0.2) is 0 Å². The maximum absolute atomic E-state index is 12.7. The summed E-state index contributed by atoms with van der Waals surface area (Å²) >= 11 is 0. The lowest BCUT2D eigenvalue weighted by atomic mass is 9.91. The monoisotopic (exact) mass is 290 g/mol. The molecule has 0 saturated carbocycles. The normalized spacial score (nSPS) is 19.2. The van der Waals surface area contributed by atoms with Gasteiger partial charge in [0, 0.05) is 5.57 Å². The van der Waals surface area contributed by atoms with Crippen molar-refractivity contribution in [2.24, 2.45) is 0 Å². The minimum atomic E-state index is -0.474. The molecule has 1 unspecified atom stereocenters. The van der Waals surface area contributed by atoms with E-state index in [-0.39, 0.29) is 5.92 Å². The van der Waals surface area contributed by atoms with E-state index in [4.69, 9.17) is 4.42 Å². The van der Waals surface area contributed by atoms with Crippen molar-refractivity contribution in [3.05, 3.63) is 70.2 Å². The Labute approximate surface area is 127 Å². The van der Waals surface area contributed by atoms with Gasteiger partial charge in [-0.05, 0) is 36.1 Å². The highest BCUT2D eigenvalue weighted by Crippen LogP contribution is 2.39. The standard InChI is InChI=1S/C19H14O3/c1-10-4-3-5-14-13(10)7-6-12-8-15(14)17(20)18(21)16-11(2)9-22-19(12)16/h3-9,12H,1-2H3. The van der Waals surface area contributed by atoms with Gasteiger partial charge in [0.1, 0.15) is 5.76 Å². The molecule has 0 N–H and O–H groups in total. The Kier molecular flexibility index (Phi) is 2.61. The Balaban J connectivity index is 2.04. The maximum atomic E-state index is 12.7. The van der Waals surface area contributed by atoms with E-state index in [1.165, 1.54) is 0 Å². The largest absolute Gasteiger partial charge is 0.467 e. The predicted molar refractivity (Wildman–Crippen MR) is 83.7 cm³/mol. The molecule has 2 bridgehead atoms. The van der Waals surface area contributed by atoms with Gasteiger partial charge in [-0.2, -0.15) is 0 Å². The number of fused-ring (bicyclic) bond motifs is 5. The third kappa shape index (κ3) is 1.62. The molecule has 0 fully saturated rings. The molecule has 1 heterocycles. The van der Waals surface area contributed by atoms with Crippen molar-refractivity contribution >= 4 is 23.2 Å². The number of benzene rings is 1. The Morgan fingerprint density at radius 1 is 1.05 bits per heavy atom. The smallest absolute Gasteiger partial charge is 0.237 e. The fourth-order valence-corrected chi connectivity index (χ4v) is 3.26. The van der Waals surface area contributed by atoms with Crippen LogP contribution in [0, 0.1) is 13.8 Å². The number of hydrogen-bond donors (Lipinski definition) is 0. The lowest BCUT2D eigenvalue weighted by Crippen LogP contribution is -2.16. The van der Waals surface area contributed by atoms with E-state index >= 15 is 0 Å². The summed E-state index contributed by atoms with van der Waals surface area (Å²) in [5, 5.41) is 0. The van der Waals surface area contributed by atoms with Crippen LogP contribution in [0.2, 0.25) is 0 Å². The number of carbonyl (C=O) groups is 2. The molecule has 0 saturated heterocycles. The topological polar surface area (TPSA) is 47.3 Å². The van der Waals surface area contributed by atoms with Crippen molar-refractivity contribution in [3.8, 4) is 0 Å². The highest BCUT2D eigenvalue weighted by atomic mass is 16.3. The van der Waals surface area contributed by atoms with Gasteiger partial charge in [0.2, 0.25) is 11.6 Å². The van der Waals surface area contributed by atoms with Gasteiger partial charge >= 0.3 is 0 Å². The van der Waals surface area contributed by atoms with Gasteiger partial charge in [-0.1, -0.05) is 36.4 Å². The van der Waals surface area contributed by atoms with Crippen molar-refractivity contribution in [2.75, 3.05) is 0 Å². The van der Waals surface area contributed by atoms with Crippen LogP contribution in [0.1, 0.15) is 44.3 Å². The van der Waals surface area contributed by atoms with Crippen LogP contribution < -0.4 is 0 Å². The molecule has 22 heavy (non-hydrogen) atoms. The maximum Gasteiger partial charge on any atom is 0.237 e. The fraction of sp³-hybridized carbons (Fsp3) is 0.158. The van der Waals surface area contributed by atoms with Gasteiger partial charge in [-0.3, -0.25) is 9.59 Å². The van der Waals surface area contributed by atoms with Gasteiger partial charge in [0.25, 0.3) is 0 Å². The third-order valence-corrected chi connectivity index (χ3v) is 4.41. The molecule has 0 aliphatic heterocycles. The molecule has 0 amide bonds. The van der Waals surface area contributed by atoms with Crippen LogP contribution >= 0.6 is 0 Å². The summed E-state index contributed by atoms with van der Waals surface area (Å²) in [5.41, 5.74) is 4.50. The van der Waals surface area contributed by atoms with Crippen LogP contribution in [0.25, 0.3) is 11.6 Å². The Morgan fingerprint density at radius 2 is 1.86 bits per heavy atom. The van der Waals surface area contributed by atoms with Crippen molar-refractivity contribution < 1.29 is 14.0 Å². The average Bonchev–Trinajstić information content (AvgIpc) is 2.72. The van der Waals surface area contributed by atoms with E-state index in [0.717, 1.165) is 16.7 Å². The summed E-state index contributed by atoms with van der Waals surface area (Å²) in [6, 6.07) is 5.81. The predicted octanol–water partition coefficient (Wildman–Crippen LogP) is 3.86. The van der Waals surface area contributed by atoms with Crippen LogP contribution in [0.3, 0.4) is 0 Å². The summed E-state index contributed by atoms with van der Waals surface area (Å²) < 4.78 is 5.59. The molecule has 2 aliphatic rings. The number of Topliss-reactive ketones (excluding diaryl/α,β-unsaturated/α-hetero) is 2. The van der Waals surface area contributed by atoms with Gasteiger partial charge in [0.05, 0.1) is 17.7 Å². The molecule has 2 aliphatic carbocycles. The van der Waals surface area contributed by atoms with E-state index in [0.29, 0.717) is 22.5 Å². The molecule has 4 rings (SSSR count). The zero-order valence-corrected chi connectivity index (χ0v) is 12.3. The molecule has 2 aromatic rings. The molecule has 1 aromatic carbocycles. The molecule has 1 aromatic heterocycles. The van der Waals surface area contributed by atoms with Gasteiger partial charge in [-0.15, -0.1) is 0 Å². The molecule has 0 spiro atoms. The van der Waals surface area contributed by atoms with Crippen LogP contribution in [0.4, 0.5) is 0 Å². The Hall–Kier alpha value is -2.68. The number of allylic oxidation sites excluding steroid dienone is 3. The average molecular weight is 290 g/mol. The van der Waals surface area contributed by atoms with Gasteiger partial charge < -0.3 is 4.42 Å². The number of hydrogen-bond acceptors (Lipinski definition) is 3. The number of ketones is 2. The first-order valence-electron chi connectivity index (χ1n) is 7.25. The van der Waals surface area contributed by atoms with Crippen LogP contribution in [-0.2, 0) is 4.79 Å². The second kappa shape index (κ2) is 4.41. The number of furan rings is 1. The Bertz CT molecular complexity index is 893. The minimum absolute atomic E-state index is 0.194. The molecular formula is C19H14O3. The fourth-order valence-electron chi connectivity index (χ4n) is 3.26. The first kappa shape index (κ1) is 13.0. The van der Waals surface area contributed by atoms with E-state index in [9.17, 15) is 9.59 Å². The van der Waals surface area contributed by atoms with Crippen molar-refractivity contribution in [1.29, 1.82) is 0 Å². The second-order valence-electron chi connectivity index (χ2n) is 5.82. The highest BCUT2D eigenvalue weighted by molar-refractivity contribution is 6.59. The van der Waals surface area contributed by atoms with Gasteiger partial charge in [0.15, 0.2) is 0 Å². The van der Waals surface area contributed by atoms with E-state index in [1.54, 1.807) is 13.2 Å². The third-order valence-electron chi connectivity index (χ3n) is 4.41. The molecule has 108 valence electrons. The lowest BCUT2D eigenvalue weighted by molar-refractivity contribution is -0.110. The zero-order valence-electron chi connectivity index (χ0n) is 12.3. The summed E-state index contributed by atoms with van der Waals surface area (Å²) in [6.07, 6.45) is 7.40. The molecule has 3 nitrogen and oxygen atoms in total. The molecule has 0 radical (unpaired) electrons. The summed E-state index contributed by atoms with van der Waals surface area (Å²) in [5.74, 6) is -0.560. The first-order valence-corrected chi connectivity index (χ1v) is 7.25. The second-order valence-corrected chi connectivity index (χ2v) is 5.82. The summed E-state index contributed by atoms with van der Waals surface area (Å²) in [4.78, 5) is 25.3. The van der Waals surface area contributed by atoms with E-state index in [2.05, 4.69) is 0 Å². The molecular weight excluding hydrogens is 276 g/mol. The van der Waals surface area contributed by atoms with Crippen molar-refractivity contribution in [3.63, 3.8) is 0 Å². The van der Waals surface area contributed by atoms with Crippen molar-refractivity contribution in [2.45, 2.75) is 19.8 Å². The van der Waals surface area contributed by atoms with Crippen molar-refractivity contribution in [1.82, 2.24) is 0 Å². The number of carbonyl (C=O) groups excluding carboxylic acids is 2. The lowest BCUT2D eigenvalue weighted by Gasteiger charge is -2.10. The summed E-state index contributed by atoms with van der Waals surface area (Å²) in [6.45, 7) is 3.80. The van der Waals surface area contributed by atoms with Crippen LogP contribution in [0.15, 0.2) is 41.0 Å². The van der Waals surface area contributed by atoms with E-state index in [1.807, 2.05) is 43.4 Å². The Morgan fingerprint density at radius 3 is 2.68 bits per heavy atom. The molecule has 1 atom stereocenters. The minimum Gasteiger partial charge on any atom is -0.467 e. The SMILES string of the molecule is Cc1cccc2c1C=CC1C=C2C(=O)C(=O)c2c(C)coc21. The number of rotatable bonds is 0. The highest BCUT2D eigenvalue weighted by Gasteiger charge is 2.35. The zero-order chi connectivity index (χ0) is 15.4. The first-order chi connectivity index (χ1) is 10.6. The quantitative estimate of drug-likeness (QED) is 0.692. The van der Waals surface area contributed by atoms with Crippen LogP contribution in [-0.4, -0.2) is 11.6 Å².